The van der Waals surface area contributed by atoms with Crippen molar-refractivity contribution < 1.29 is 4.74 Å². The third-order valence-corrected chi connectivity index (χ3v) is 7.89. The fourth-order valence-corrected chi connectivity index (χ4v) is 5.66. The lowest BCUT2D eigenvalue weighted by Crippen LogP contribution is -2.15. The first-order valence-electron chi connectivity index (χ1n) is 11.3. The molecule has 0 heterocycles. The Morgan fingerprint density at radius 3 is 2.68 bits per heavy atom. The molecule has 31 heavy (non-hydrogen) atoms. The molecule has 1 nitrogen and oxygen atoms in total. The van der Waals surface area contributed by atoms with Crippen LogP contribution < -0.4 is 4.74 Å². The molecule has 0 aliphatic heterocycles. The molecular weight excluding hydrogens is 396 g/mol. The summed E-state index contributed by atoms with van der Waals surface area (Å²) in [5.74, 6) is 8.71. The Kier molecular flexibility index (Phi) is 8.50. The van der Waals surface area contributed by atoms with Crippen molar-refractivity contribution in [3.05, 3.63) is 83.3 Å². The number of benzene rings is 1. The van der Waals surface area contributed by atoms with E-state index in [-0.39, 0.29) is 0 Å². The highest BCUT2D eigenvalue weighted by molar-refractivity contribution is 8.03. The first-order chi connectivity index (χ1) is 15.1. The zero-order valence-corrected chi connectivity index (χ0v) is 19.9. The third-order valence-electron chi connectivity index (χ3n) is 6.31. The van der Waals surface area contributed by atoms with Crippen LogP contribution in [0.2, 0.25) is 0 Å². The van der Waals surface area contributed by atoms with E-state index in [1.54, 1.807) is 7.11 Å². The average molecular weight is 431 g/mol. The minimum absolute atomic E-state index is 0.492. The molecular formula is C29H34OS. The lowest BCUT2D eigenvalue weighted by atomic mass is 9.86. The highest BCUT2D eigenvalue weighted by atomic mass is 32.2. The molecule has 0 spiro atoms. The monoisotopic (exact) mass is 430 g/mol. The fourth-order valence-electron chi connectivity index (χ4n) is 4.34. The van der Waals surface area contributed by atoms with Gasteiger partial charge in [-0.25, -0.2) is 0 Å². The molecule has 2 aliphatic rings. The van der Waals surface area contributed by atoms with Crippen molar-refractivity contribution in [2.45, 2.75) is 51.2 Å². The van der Waals surface area contributed by atoms with Gasteiger partial charge in [0.15, 0.2) is 0 Å². The van der Waals surface area contributed by atoms with E-state index < -0.39 is 0 Å². The van der Waals surface area contributed by atoms with E-state index in [1.807, 2.05) is 30.0 Å². The first-order valence-corrected chi connectivity index (χ1v) is 12.2. The summed E-state index contributed by atoms with van der Waals surface area (Å²) in [6.07, 6.45) is 14.2. The van der Waals surface area contributed by atoms with Gasteiger partial charge >= 0.3 is 0 Å². The Bertz CT molecular complexity index is 949. The Hall–Kier alpha value is -2.37. The Morgan fingerprint density at radius 2 is 2.00 bits per heavy atom. The minimum Gasteiger partial charge on any atom is -0.497 e. The van der Waals surface area contributed by atoms with Crippen LogP contribution in [0.4, 0.5) is 0 Å². The van der Waals surface area contributed by atoms with E-state index in [0.29, 0.717) is 17.1 Å². The van der Waals surface area contributed by atoms with Crippen LogP contribution in [0.1, 0.15) is 51.5 Å². The van der Waals surface area contributed by atoms with Crippen molar-refractivity contribution in [3.8, 4) is 17.6 Å². The van der Waals surface area contributed by atoms with E-state index in [9.17, 15) is 0 Å². The second-order valence-electron chi connectivity index (χ2n) is 8.30. The predicted molar refractivity (Wildman–Crippen MR) is 137 cm³/mol. The molecule has 2 heteroatoms. The molecule has 0 amide bonds. The summed E-state index contributed by atoms with van der Waals surface area (Å²) in [4.78, 5) is 1.32. The number of unbranched alkanes of at least 4 members (excludes halogenated alkanes) is 1. The van der Waals surface area contributed by atoms with Crippen LogP contribution in [-0.2, 0) is 0 Å². The van der Waals surface area contributed by atoms with E-state index in [0.717, 1.165) is 24.2 Å². The van der Waals surface area contributed by atoms with Gasteiger partial charge in [0.1, 0.15) is 5.75 Å². The van der Waals surface area contributed by atoms with Gasteiger partial charge < -0.3 is 4.74 Å². The summed E-state index contributed by atoms with van der Waals surface area (Å²) < 4.78 is 5.27. The normalized spacial score (nSPS) is 23.2. The van der Waals surface area contributed by atoms with Gasteiger partial charge in [0.05, 0.1) is 7.11 Å². The molecule has 0 saturated heterocycles. The molecule has 162 valence electrons. The number of ether oxygens (including phenoxy) is 1. The largest absolute Gasteiger partial charge is 0.497 e. The molecule has 0 N–H and O–H groups in total. The van der Waals surface area contributed by atoms with Crippen molar-refractivity contribution in [3.63, 3.8) is 0 Å². The van der Waals surface area contributed by atoms with Crippen LogP contribution in [-0.4, -0.2) is 12.4 Å². The number of allylic oxidation sites excluding steroid dienone is 7. The molecule has 3 atom stereocenters. The molecule has 1 saturated carbocycles. The van der Waals surface area contributed by atoms with Crippen LogP contribution in [0.3, 0.4) is 0 Å². The van der Waals surface area contributed by atoms with Gasteiger partial charge in [0, 0.05) is 22.1 Å². The van der Waals surface area contributed by atoms with E-state index >= 15 is 0 Å². The fraction of sp³-hybridized carbons (Fsp3) is 0.379. The summed E-state index contributed by atoms with van der Waals surface area (Å²) in [5.41, 5.74) is 4.73. The molecule has 2 aliphatic carbocycles. The Morgan fingerprint density at radius 1 is 1.23 bits per heavy atom. The Labute approximate surface area is 193 Å². The molecule has 1 fully saturated rings. The van der Waals surface area contributed by atoms with Crippen LogP contribution in [0, 0.1) is 23.7 Å². The number of methoxy groups -OCH3 is 1. The summed E-state index contributed by atoms with van der Waals surface area (Å²) in [6.45, 7) is 13.1. The summed E-state index contributed by atoms with van der Waals surface area (Å²) in [5, 5.41) is 0.618. The van der Waals surface area contributed by atoms with Crippen molar-refractivity contribution in [2.24, 2.45) is 11.8 Å². The van der Waals surface area contributed by atoms with Crippen LogP contribution >= 0.6 is 11.8 Å². The number of thioether (sulfide) groups is 1. The van der Waals surface area contributed by atoms with Crippen molar-refractivity contribution in [1.29, 1.82) is 0 Å². The van der Waals surface area contributed by atoms with Gasteiger partial charge in [0.25, 0.3) is 0 Å². The van der Waals surface area contributed by atoms with Crippen LogP contribution in [0.25, 0.3) is 5.57 Å². The van der Waals surface area contributed by atoms with Crippen LogP contribution in [0.15, 0.2) is 77.8 Å². The minimum atomic E-state index is 0.492. The van der Waals surface area contributed by atoms with Gasteiger partial charge in [0.2, 0.25) is 0 Å². The second kappa shape index (κ2) is 11.3. The quantitative estimate of drug-likeness (QED) is 0.290. The number of hydrogen-bond acceptors (Lipinski definition) is 2. The maximum atomic E-state index is 5.27. The predicted octanol–water partition coefficient (Wildman–Crippen LogP) is 7.99. The SMILES string of the molecule is C=C/C(=C\CCC)SC1CCC(C(=C)C2=CC=C(c3ccc(OC)cc3)CC#C2)C1C. The molecule has 3 unspecified atom stereocenters. The molecule has 0 aromatic heterocycles. The number of hydrogen-bond donors (Lipinski definition) is 0. The highest BCUT2D eigenvalue weighted by Gasteiger charge is 2.35. The molecule has 0 radical (unpaired) electrons. The van der Waals surface area contributed by atoms with Gasteiger partial charge in [-0.05, 0) is 66.0 Å². The Balaban J connectivity index is 1.70. The van der Waals surface area contributed by atoms with Gasteiger partial charge in [-0.1, -0.05) is 75.6 Å². The standard InChI is InChI=1S/C29H34OS/c1-6-8-12-27(7-2)31-29-20-19-28(22(29)4)21(3)23-10-9-11-24(14-13-23)25-15-17-26(30-5)18-16-25/h7,12-18,22,28-29H,2-3,6,8,11,19-20H2,1,4-5H3/b27-12+. The smallest absolute Gasteiger partial charge is 0.118 e. The zero-order chi connectivity index (χ0) is 22.2. The van der Waals surface area contributed by atoms with Crippen molar-refractivity contribution >= 4 is 17.3 Å². The van der Waals surface area contributed by atoms with E-state index in [1.165, 1.54) is 40.9 Å². The van der Waals surface area contributed by atoms with E-state index in [4.69, 9.17) is 4.74 Å². The van der Waals surface area contributed by atoms with Crippen molar-refractivity contribution in [1.82, 2.24) is 0 Å². The van der Waals surface area contributed by atoms with Crippen molar-refractivity contribution in [2.75, 3.05) is 7.11 Å². The summed E-state index contributed by atoms with van der Waals surface area (Å²) in [7, 11) is 1.69. The molecule has 3 rings (SSSR count). The highest BCUT2D eigenvalue weighted by Crippen LogP contribution is 2.46. The topological polar surface area (TPSA) is 9.23 Å². The second-order valence-corrected chi connectivity index (χ2v) is 9.62. The molecule has 1 aromatic carbocycles. The maximum Gasteiger partial charge on any atom is 0.118 e. The van der Waals surface area contributed by atoms with Gasteiger partial charge in [-0.15, -0.1) is 11.8 Å². The third kappa shape index (κ3) is 5.86. The summed E-state index contributed by atoms with van der Waals surface area (Å²) in [6, 6.07) is 8.21. The average Bonchev–Trinajstić information content (AvgIpc) is 3.00. The maximum absolute atomic E-state index is 5.27. The zero-order valence-electron chi connectivity index (χ0n) is 19.1. The summed E-state index contributed by atoms with van der Waals surface area (Å²) >= 11 is 2.00. The number of rotatable bonds is 9. The lowest BCUT2D eigenvalue weighted by molar-refractivity contribution is 0.415. The first kappa shape index (κ1) is 23.3. The van der Waals surface area contributed by atoms with Gasteiger partial charge in [-0.2, -0.15) is 0 Å². The molecule has 0 bridgehead atoms. The van der Waals surface area contributed by atoms with E-state index in [2.05, 4.69) is 69.2 Å². The van der Waals surface area contributed by atoms with Crippen LogP contribution in [0.5, 0.6) is 5.75 Å². The van der Waals surface area contributed by atoms with Gasteiger partial charge in [-0.3, -0.25) is 0 Å². The molecule has 1 aromatic rings. The lowest BCUT2D eigenvalue weighted by Gasteiger charge is -2.22.